The molecule has 1 fully saturated rings. The monoisotopic (exact) mass is 268 g/mol. The molecule has 1 aromatic heterocycles. The van der Waals surface area contributed by atoms with Crippen molar-refractivity contribution in [1.82, 2.24) is 10.2 Å². The molecular formula is C13H20N2O4. The molecule has 19 heavy (non-hydrogen) atoms. The van der Waals surface area contributed by atoms with Gasteiger partial charge in [-0.05, 0) is 13.1 Å². The first-order valence-corrected chi connectivity index (χ1v) is 6.37. The van der Waals surface area contributed by atoms with E-state index >= 15 is 0 Å². The van der Waals surface area contributed by atoms with Crippen LogP contribution in [0, 0.1) is 0 Å². The first-order valence-electron chi connectivity index (χ1n) is 6.37. The van der Waals surface area contributed by atoms with E-state index in [1.807, 2.05) is 13.1 Å². The van der Waals surface area contributed by atoms with Gasteiger partial charge in [0.05, 0.1) is 26.1 Å². The lowest BCUT2D eigenvalue weighted by Crippen LogP contribution is -2.45. The summed E-state index contributed by atoms with van der Waals surface area (Å²) >= 11 is 0. The van der Waals surface area contributed by atoms with Crippen LogP contribution in [-0.2, 0) is 16.0 Å². The Labute approximate surface area is 112 Å². The molecule has 1 aliphatic heterocycles. The Hall–Kier alpha value is -1.37. The molecule has 1 N–H and O–H groups in total. The standard InChI is InChI=1S/C13H20N2O4/c1-14-7-11-9-15(4-6-18-11)8-10-3-5-19-12(10)13(16)17-2/h3,5,11,14H,4,6-9H2,1-2H3. The second-order valence-electron chi connectivity index (χ2n) is 4.55. The van der Waals surface area contributed by atoms with Gasteiger partial charge in [0.25, 0.3) is 0 Å². The number of nitrogens with one attached hydrogen (secondary N) is 1. The van der Waals surface area contributed by atoms with Gasteiger partial charge in [0.2, 0.25) is 5.76 Å². The van der Waals surface area contributed by atoms with Crippen molar-refractivity contribution in [3.8, 4) is 0 Å². The van der Waals surface area contributed by atoms with E-state index in [1.54, 1.807) is 0 Å². The molecule has 0 saturated carbocycles. The maximum atomic E-state index is 11.5. The highest BCUT2D eigenvalue weighted by Gasteiger charge is 2.23. The Balaban J connectivity index is 1.97. The average Bonchev–Trinajstić information content (AvgIpc) is 2.87. The molecule has 0 aliphatic carbocycles. The molecule has 0 radical (unpaired) electrons. The molecular weight excluding hydrogens is 248 g/mol. The van der Waals surface area contributed by atoms with Crippen LogP contribution in [0.1, 0.15) is 16.1 Å². The second kappa shape index (κ2) is 6.70. The van der Waals surface area contributed by atoms with Gasteiger partial charge < -0.3 is 19.2 Å². The minimum atomic E-state index is -0.431. The highest BCUT2D eigenvalue weighted by molar-refractivity contribution is 5.87. The SMILES string of the molecule is CNCC1CN(Cc2ccoc2C(=O)OC)CCO1. The fraction of sp³-hybridized carbons (Fsp3) is 0.615. The minimum Gasteiger partial charge on any atom is -0.463 e. The van der Waals surface area contributed by atoms with Crippen molar-refractivity contribution in [3.63, 3.8) is 0 Å². The number of furan rings is 1. The summed E-state index contributed by atoms with van der Waals surface area (Å²) in [5.74, 6) is -0.140. The summed E-state index contributed by atoms with van der Waals surface area (Å²) < 4.78 is 15.5. The van der Waals surface area contributed by atoms with Gasteiger partial charge in [-0.3, -0.25) is 4.90 Å². The lowest BCUT2D eigenvalue weighted by Gasteiger charge is -2.32. The van der Waals surface area contributed by atoms with Gasteiger partial charge in [0.1, 0.15) is 0 Å². The Bertz CT molecular complexity index is 417. The number of carbonyl (C=O) groups excluding carboxylic acids is 1. The van der Waals surface area contributed by atoms with Crippen LogP contribution in [0.5, 0.6) is 0 Å². The van der Waals surface area contributed by atoms with E-state index in [4.69, 9.17) is 13.9 Å². The van der Waals surface area contributed by atoms with E-state index in [-0.39, 0.29) is 6.10 Å². The van der Waals surface area contributed by atoms with Crippen molar-refractivity contribution >= 4 is 5.97 Å². The van der Waals surface area contributed by atoms with Crippen molar-refractivity contribution in [2.45, 2.75) is 12.6 Å². The molecule has 6 heteroatoms. The number of nitrogens with zero attached hydrogens (tertiary/aromatic N) is 1. The molecule has 106 valence electrons. The Morgan fingerprint density at radius 1 is 1.63 bits per heavy atom. The van der Waals surface area contributed by atoms with E-state index < -0.39 is 5.97 Å². The molecule has 1 aliphatic rings. The number of hydrogen-bond acceptors (Lipinski definition) is 6. The van der Waals surface area contributed by atoms with Gasteiger partial charge in [-0.25, -0.2) is 4.79 Å². The third-order valence-corrected chi connectivity index (χ3v) is 3.17. The predicted octanol–water partition coefficient (Wildman–Crippen LogP) is 0.486. The number of ether oxygens (including phenoxy) is 2. The lowest BCUT2D eigenvalue weighted by molar-refractivity contribution is -0.0292. The largest absolute Gasteiger partial charge is 0.463 e. The van der Waals surface area contributed by atoms with Crippen LogP contribution >= 0.6 is 0 Å². The summed E-state index contributed by atoms with van der Waals surface area (Å²) in [6.07, 6.45) is 1.71. The van der Waals surface area contributed by atoms with Crippen LogP contribution in [0.2, 0.25) is 0 Å². The van der Waals surface area contributed by atoms with E-state index in [0.29, 0.717) is 18.9 Å². The van der Waals surface area contributed by atoms with Crippen LogP contribution in [0.3, 0.4) is 0 Å². The Kier molecular flexibility index (Phi) is 4.95. The fourth-order valence-corrected chi connectivity index (χ4v) is 2.25. The molecule has 0 aromatic carbocycles. The van der Waals surface area contributed by atoms with Crippen molar-refractivity contribution in [3.05, 3.63) is 23.7 Å². The molecule has 1 aromatic rings. The predicted molar refractivity (Wildman–Crippen MR) is 69.0 cm³/mol. The molecule has 1 saturated heterocycles. The zero-order valence-corrected chi connectivity index (χ0v) is 11.3. The molecule has 1 atom stereocenters. The second-order valence-corrected chi connectivity index (χ2v) is 4.55. The number of hydrogen-bond donors (Lipinski definition) is 1. The normalized spacial score (nSPS) is 20.4. The molecule has 2 rings (SSSR count). The Morgan fingerprint density at radius 2 is 2.47 bits per heavy atom. The van der Waals surface area contributed by atoms with Gasteiger partial charge in [-0.1, -0.05) is 0 Å². The zero-order chi connectivity index (χ0) is 13.7. The first kappa shape index (κ1) is 14.0. The molecule has 1 unspecified atom stereocenters. The van der Waals surface area contributed by atoms with E-state index in [1.165, 1.54) is 13.4 Å². The number of esters is 1. The van der Waals surface area contributed by atoms with Crippen molar-refractivity contribution < 1.29 is 18.7 Å². The van der Waals surface area contributed by atoms with Crippen molar-refractivity contribution in [1.29, 1.82) is 0 Å². The topological polar surface area (TPSA) is 63.9 Å². The van der Waals surface area contributed by atoms with Crippen molar-refractivity contribution in [2.75, 3.05) is 40.4 Å². The summed E-state index contributed by atoms with van der Waals surface area (Å²) in [7, 11) is 3.26. The summed E-state index contributed by atoms with van der Waals surface area (Å²) in [6.45, 7) is 3.90. The maximum absolute atomic E-state index is 11.5. The third-order valence-electron chi connectivity index (χ3n) is 3.17. The summed E-state index contributed by atoms with van der Waals surface area (Å²) in [5.41, 5.74) is 0.858. The molecule has 2 heterocycles. The van der Waals surface area contributed by atoms with E-state index in [0.717, 1.165) is 25.2 Å². The van der Waals surface area contributed by atoms with Crippen LogP contribution < -0.4 is 5.32 Å². The quantitative estimate of drug-likeness (QED) is 0.784. The molecule has 6 nitrogen and oxygen atoms in total. The molecule has 0 amide bonds. The molecule has 0 bridgehead atoms. The van der Waals surface area contributed by atoms with Crippen LogP contribution in [0.25, 0.3) is 0 Å². The van der Waals surface area contributed by atoms with Crippen molar-refractivity contribution in [2.24, 2.45) is 0 Å². The van der Waals surface area contributed by atoms with Gasteiger partial charge >= 0.3 is 5.97 Å². The average molecular weight is 268 g/mol. The Morgan fingerprint density at radius 3 is 3.21 bits per heavy atom. The highest BCUT2D eigenvalue weighted by Crippen LogP contribution is 2.16. The van der Waals surface area contributed by atoms with Gasteiger partial charge in [-0.15, -0.1) is 0 Å². The van der Waals surface area contributed by atoms with E-state index in [2.05, 4.69) is 10.2 Å². The van der Waals surface area contributed by atoms with E-state index in [9.17, 15) is 4.79 Å². The van der Waals surface area contributed by atoms with Gasteiger partial charge in [0, 0.05) is 31.7 Å². The maximum Gasteiger partial charge on any atom is 0.374 e. The summed E-state index contributed by atoms with van der Waals surface area (Å²) in [6, 6.07) is 1.81. The smallest absolute Gasteiger partial charge is 0.374 e. The van der Waals surface area contributed by atoms with Crippen LogP contribution in [0.4, 0.5) is 0 Å². The first-order chi connectivity index (χ1) is 9.24. The summed E-state index contributed by atoms with van der Waals surface area (Å²) in [5, 5.41) is 3.11. The van der Waals surface area contributed by atoms with Gasteiger partial charge in [-0.2, -0.15) is 0 Å². The minimum absolute atomic E-state index is 0.187. The third kappa shape index (κ3) is 3.56. The number of carbonyl (C=O) groups is 1. The number of morpholine rings is 1. The fourth-order valence-electron chi connectivity index (χ4n) is 2.25. The zero-order valence-electron chi connectivity index (χ0n) is 11.3. The van der Waals surface area contributed by atoms with Gasteiger partial charge in [0.15, 0.2) is 0 Å². The number of likely N-dealkylation sites (N-methyl/N-ethyl adjacent to an activating group) is 1. The van der Waals surface area contributed by atoms with Crippen LogP contribution in [0.15, 0.2) is 16.7 Å². The molecule has 0 spiro atoms. The summed E-state index contributed by atoms with van der Waals surface area (Å²) in [4.78, 5) is 13.8. The lowest BCUT2D eigenvalue weighted by atomic mass is 10.2. The highest BCUT2D eigenvalue weighted by atomic mass is 16.5. The number of methoxy groups -OCH3 is 1. The van der Waals surface area contributed by atoms with Crippen LogP contribution in [-0.4, -0.2) is 57.4 Å². The number of rotatable bonds is 5.